The molecular formula is C28H27F3N6O5. The van der Waals surface area contributed by atoms with Crippen molar-refractivity contribution in [2.24, 2.45) is 5.73 Å². The number of nitrogens with zero attached hydrogens (tertiary/aromatic N) is 4. The lowest BCUT2D eigenvalue weighted by Crippen LogP contribution is -2.47. The maximum Gasteiger partial charge on any atom is 0.433 e. The Bertz CT molecular complexity index is 1600. The van der Waals surface area contributed by atoms with Crippen molar-refractivity contribution in [3.8, 4) is 17.2 Å². The van der Waals surface area contributed by atoms with E-state index in [2.05, 4.69) is 20.3 Å². The van der Waals surface area contributed by atoms with E-state index in [1.165, 1.54) is 31.5 Å². The van der Waals surface area contributed by atoms with Crippen molar-refractivity contribution in [1.29, 1.82) is 0 Å². The summed E-state index contributed by atoms with van der Waals surface area (Å²) in [5.41, 5.74) is 5.51. The van der Waals surface area contributed by atoms with E-state index < -0.39 is 29.9 Å². The summed E-state index contributed by atoms with van der Waals surface area (Å²) in [6, 6.07) is 6.48. The highest BCUT2D eigenvalue weighted by Gasteiger charge is 2.34. The molecule has 0 radical (unpaired) electrons. The molecule has 1 saturated heterocycles. The number of alkyl halides is 3. The molecule has 42 heavy (non-hydrogen) atoms. The third kappa shape index (κ3) is 5.76. The molecule has 2 amide bonds. The number of hydrogen-bond donors (Lipinski definition) is 2. The van der Waals surface area contributed by atoms with Crippen molar-refractivity contribution in [3.63, 3.8) is 0 Å². The predicted octanol–water partition coefficient (Wildman–Crippen LogP) is 3.66. The number of methoxy groups -OCH3 is 1. The zero-order valence-corrected chi connectivity index (χ0v) is 22.6. The Morgan fingerprint density at radius 1 is 1.12 bits per heavy atom. The molecule has 3 aromatic heterocycles. The molecule has 1 aliphatic rings. The van der Waals surface area contributed by atoms with E-state index in [0.29, 0.717) is 31.9 Å². The van der Waals surface area contributed by atoms with Crippen LogP contribution in [0, 0.1) is 0 Å². The van der Waals surface area contributed by atoms with E-state index in [1.54, 1.807) is 30.2 Å². The molecule has 0 saturated carbocycles. The Balaban J connectivity index is 1.54. The maximum atomic E-state index is 13.6. The third-order valence-corrected chi connectivity index (χ3v) is 6.71. The summed E-state index contributed by atoms with van der Waals surface area (Å²) in [5.74, 6) is -1.02. The number of ether oxygens (including phenoxy) is 2. The number of carbonyl (C=O) groups excluding carboxylic acids is 2. The SMILES string of the molecule is COc1ccc(-c2nc(C(=O)NC(C(=O)N3CCOCC3)c3cccnc3)c(C(C)N)o2)c2ccc(C(F)(F)F)nc12. The van der Waals surface area contributed by atoms with Gasteiger partial charge in [0.05, 0.1) is 26.4 Å². The topological polar surface area (TPSA) is 146 Å². The van der Waals surface area contributed by atoms with Crippen molar-refractivity contribution in [3.05, 3.63) is 71.5 Å². The normalized spacial score (nSPS) is 15.3. The number of morpholine rings is 1. The zero-order chi connectivity index (χ0) is 30.0. The Kier molecular flexibility index (Phi) is 8.09. The van der Waals surface area contributed by atoms with Crippen LogP contribution in [0.3, 0.4) is 0 Å². The highest BCUT2D eigenvalue weighted by molar-refractivity contribution is 5.99. The number of carbonyl (C=O) groups is 2. The number of aromatic nitrogens is 3. The van der Waals surface area contributed by atoms with Gasteiger partial charge in [0.2, 0.25) is 11.8 Å². The number of nitrogens with two attached hydrogens (primary N) is 1. The fourth-order valence-electron chi connectivity index (χ4n) is 4.62. The summed E-state index contributed by atoms with van der Waals surface area (Å²) in [6.07, 6.45) is -1.64. The van der Waals surface area contributed by atoms with E-state index >= 15 is 0 Å². The van der Waals surface area contributed by atoms with Crippen LogP contribution in [0.1, 0.15) is 46.5 Å². The van der Waals surface area contributed by atoms with Gasteiger partial charge in [0, 0.05) is 42.0 Å². The van der Waals surface area contributed by atoms with Gasteiger partial charge >= 0.3 is 6.18 Å². The molecule has 4 heterocycles. The van der Waals surface area contributed by atoms with Crippen LogP contribution in [0.2, 0.25) is 0 Å². The second-order valence-corrected chi connectivity index (χ2v) is 9.56. The van der Waals surface area contributed by atoms with Crippen molar-refractivity contribution in [2.75, 3.05) is 33.4 Å². The lowest BCUT2D eigenvalue weighted by atomic mass is 10.1. The van der Waals surface area contributed by atoms with Gasteiger partial charge in [-0.15, -0.1) is 0 Å². The molecule has 1 fully saturated rings. The zero-order valence-electron chi connectivity index (χ0n) is 22.6. The number of benzene rings is 1. The Labute approximate surface area is 237 Å². The summed E-state index contributed by atoms with van der Waals surface area (Å²) in [4.78, 5) is 40.9. The van der Waals surface area contributed by atoms with E-state index in [1.807, 2.05) is 0 Å². The van der Waals surface area contributed by atoms with Crippen LogP contribution in [0.5, 0.6) is 5.75 Å². The van der Waals surface area contributed by atoms with Crippen LogP contribution in [-0.2, 0) is 15.7 Å². The minimum absolute atomic E-state index is 0.0232. The van der Waals surface area contributed by atoms with E-state index in [-0.39, 0.29) is 45.5 Å². The van der Waals surface area contributed by atoms with Crippen molar-refractivity contribution < 1.29 is 36.7 Å². The fourth-order valence-corrected chi connectivity index (χ4v) is 4.62. The van der Waals surface area contributed by atoms with Crippen LogP contribution in [0.4, 0.5) is 13.2 Å². The molecule has 1 aliphatic heterocycles. The first-order valence-electron chi connectivity index (χ1n) is 13.0. The van der Waals surface area contributed by atoms with Gasteiger partial charge in [-0.05, 0) is 37.3 Å². The molecule has 4 aromatic rings. The molecule has 0 spiro atoms. The fraction of sp³-hybridized carbons (Fsp3) is 0.321. The quantitative estimate of drug-likeness (QED) is 0.332. The van der Waals surface area contributed by atoms with Gasteiger partial charge in [-0.25, -0.2) is 9.97 Å². The number of nitrogens with one attached hydrogen (secondary N) is 1. The van der Waals surface area contributed by atoms with E-state index in [4.69, 9.17) is 19.6 Å². The average Bonchev–Trinajstić information content (AvgIpc) is 3.45. The monoisotopic (exact) mass is 584 g/mol. The van der Waals surface area contributed by atoms with Crippen molar-refractivity contribution >= 4 is 22.7 Å². The van der Waals surface area contributed by atoms with Gasteiger partial charge in [-0.1, -0.05) is 6.07 Å². The smallest absolute Gasteiger partial charge is 0.433 e. The van der Waals surface area contributed by atoms with Crippen LogP contribution in [-0.4, -0.2) is 65.1 Å². The van der Waals surface area contributed by atoms with Crippen molar-refractivity contribution in [1.82, 2.24) is 25.2 Å². The van der Waals surface area contributed by atoms with E-state index in [9.17, 15) is 22.8 Å². The number of hydrogen-bond acceptors (Lipinski definition) is 9. The summed E-state index contributed by atoms with van der Waals surface area (Å²) < 4.78 is 56.6. The van der Waals surface area contributed by atoms with Gasteiger partial charge in [0.25, 0.3) is 5.91 Å². The lowest BCUT2D eigenvalue weighted by molar-refractivity contribution is -0.141. The van der Waals surface area contributed by atoms with Crippen LogP contribution in [0.15, 0.2) is 53.2 Å². The van der Waals surface area contributed by atoms with Gasteiger partial charge in [-0.2, -0.15) is 13.2 Å². The van der Waals surface area contributed by atoms with Crippen LogP contribution in [0.25, 0.3) is 22.4 Å². The second kappa shape index (κ2) is 11.7. The molecule has 14 heteroatoms. The molecule has 1 aromatic carbocycles. The van der Waals surface area contributed by atoms with Crippen LogP contribution >= 0.6 is 0 Å². The number of halogens is 3. The minimum atomic E-state index is -4.67. The molecule has 220 valence electrons. The van der Waals surface area contributed by atoms with E-state index in [0.717, 1.165) is 6.07 Å². The highest BCUT2D eigenvalue weighted by atomic mass is 19.4. The van der Waals surface area contributed by atoms with Gasteiger partial charge in [-0.3, -0.25) is 14.6 Å². The predicted molar refractivity (Wildman–Crippen MR) is 143 cm³/mol. The maximum absolute atomic E-state index is 13.6. The van der Waals surface area contributed by atoms with Crippen molar-refractivity contribution in [2.45, 2.75) is 25.2 Å². The summed E-state index contributed by atoms with van der Waals surface area (Å²) in [5, 5.41) is 2.99. The molecular weight excluding hydrogens is 557 g/mol. The molecule has 0 bridgehead atoms. The Morgan fingerprint density at radius 3 is 2.52 bits per heavy atom. The molecule has 5 rings (SSSR count). The van der Waals surface area contributed by atoms with Gasteiger partial charge in [0.1, 0.15) is 23.0 Å². The standard InChI is InChI=1S/C28H27F3N6O5/c1-15(32)24-23(25(38)35-21(16-4-3-9-33-14-16)27(39)37-10-12-41-13-11-37)36-26(42-24)18-5-7-19(40-2)22-17(18)6-8-20(34-22)28(29,30)31/h3-9,14-15,21H,10-13,32H2,1-2H3,(H,35,38). The number of fused-ring (bicyclic) bond motifs is 1. The third-order valence-electron chi connectivity index (χ3n) is 6.71. The second-order valence-electron chi connectivity index (χ2n) is 9.56. The van der Waals surface area contributed by atoms with Gasteiger partial charge < -0.3 is 29.8 Å². The Hall–Kier alpha value is -4.56. The lowest BCUT2D eigenvalue weighted by Gasteiger charge is -2.30. The number of oxazole rings is 1. The number of pyridine rings is 2. The summed E-state index contributed by atoms with van der Waals surface area (Å²) in [6.45, 7) is 3.05. The largest absolute Gasteiger partial charge is 0.494 e. The summed E-state index contributed by atoms with van der Waals surface area (Å²) >= 11 is 0. The molecule has 11 nitrogen and oxygen atoms in total. The highest BCUT2D eigenvalue weighted by Crippen LogP contribution is 2.37. The first-order chi connectivity index (χ1) is 20.1. The minimum Gasteiger partial charge on any atom is -0.494 e. The number of rotatable bonds is 7. The Morgan fingerprint density at radius 2 is 1.88 bits per heavy atom. The first kappa shape index (κ1) is 29.0. The molecule has 2 unspecified atom stereocenters. The average molecular weight is 585 g/mol. The first-order valence-corrected chi connectivity index (χ1v) is 13.0. The molecule has 3 N–H and O–H groups in total. The number of amides is 2. The summed E-state index contributed by atoms with van der Waals surface area (Å²) in [7, 11) is 1.31. The van der Waals surface area contributed by atoms with Crippen LogP contribution < -0.4 is 15.8 Å². The molecule has 2 atom stereocenters. The van der Waals surface area contributed by atoms with Gasteiger partial charge in [0.15, 0.2) is 11.5 Å². The molecule has 0 aliphatic carbocycles.